The molecule has 42 heavy (non-hydrogen) atoms. The van der Waals surface area contributed by atoms with Crippen LogP contribution in [0.3, 0.4) is 0 Å². The monoisotopic (exact) mass is 595 g/mol. The fourth-order valence-electron chi connectivity index (χ4n) is 5.50. The van der Waals surface area contributed by atoms with Gasteiger partial charge in [-0.2, -0.15) is 0 Å². The van der Waals surface area contributed by atoms with Gasteiger partial charge >= 0.3 is 5.97 Å². The molecule has 0 rings (SSSR count). The highest BCUT2D eigenvalue weighted by molar-refractivity contribution is 5.69. The number of ether oxygens (including phenoxy) is 2. The van der Waals surface area contributed by atoms with E-state index in [9.17, 15) is 9.90 Å². The molecule has 0 radical (unpaired) electrons. The molecule has 0 fully saturated rings. The van der Waals surface area contributed by atoms with Gasteiger partial charge in [-0.25, -0.2) is 0 Å². The zero-order valence-corrected chi connectivity index (χ0v) is 28.5. The van der Waals surface area contributed by atoms with Gasteiger partial charge in [-0.15, -0.1) is 0 Å². The first kappa shape index (κ1) is 41.1. The van der Waals surface area contributed by atoms with Gasteiger partial charge in [0.1, 0.15) is 6.10 Å². The third kappa shape index (κ3) is 33.6. The SMILES string of the molecule is CCCCCCCCCC/C=C\CCCCCCCCCCCCCCOCC(CO)OC(=O)CCCCCCCC. The number of esters is 1. The summed E-state index contributed by atoms with van der Waals surface area (Å²) in [5, 5.41) is 9.48. The van der Waals surface area contributed by atoms with Crippen LogP contribution in [0.25, 0.3) is 0 Å². The molecule has 0 saturated heterocycles. The maximum Gasteiger partial charge on any atom is 0.306 e. The Hall–Kier alpha value is -0.870. The first-order valence-corrected chi connectivity index (χ1v) is 18.8. The fourth-order valence-corrected chi connectivity index (χ4v) is 5.50. The molecule has 0 amide bonds. The van der Waals surface area contributed by atoms with E-state index in [1.165, 1.54) is 161 Å². The Kier molecular flexibility index (Phi) is 35.6. The molecular formula is C38H74O4. The summed E-state index contributed by atoms with van der Waals surface area (Å²) >= 11 is 0. The maximum absolute atomic E-state index is 12.0. The molecule has 0 saturated carbocycles. The average molecular weight is 595 g/mol. The van der Waals surface area contributed by atoms with Crippen LogP contribution in [0.5, 0.6) is 0 Å². The van der Waals surface area contributed by atoms with Crippen molar-refractivity contribution < 1.29 is 19.4 Å². The van der Waals surface area contributed by atoms with Crippen molar-refractivity contribution in [2.45, 2.75) is 206 Å². The van der Waals surface area contributed by atoms with Gasteiger partial charge in [-0.1, -0.05) is 167 Å². The van der Waals surface area contributed by atoms with Gasteiger partial charge in [0.15, 0.2) is 0 Å². The maximum atomic E-state index is 12.0. The molecule has 0 aromatic heterocycles. The number of aliphatic hydroxyl groups is 1. The zero-order valence-electron chi connectivity index (χ0n) is 28.5. The van der Waals surface area contributed by atoms with Gasteiger partial charge in [0, 0.05) is 13.0 Å². The average Bonchev–Trinajstić information content (AvgIpc) is 3.00. The van der Waals surface area contributed by atoms with E-state index in [1.807, 2.05) is 0 Å². The summed E-state index contributed by atoms with van der Waals surface area (Å²) in [5.74, 6) is -0.208. The summed E-state index contributed by atoms with van der Waals surface area (Å²) in [7, 11) is 0. The second kappa shape index (κ2) is 36.3. The quantitative estimate of drug-likeness (QED) is 0.0450. The van der Waals surface area contributed by atoms with Crippen LogP contribution in [-0.4, -0.2) is 37.0 Å². The lowest BCUT2D eigenvalue weighted by Gasteiger charge is -2.15. The number of allylic oxidation sites excluding steroid dienone is 2. The normalized spacial score (nSPS) is 12.4. The summed E-state index contributed by atoms with van der Waals surface area (Å²) in [6.07, 6.45) is 41.4. The molecule has 1 atom stereocenters. The number of rotatable bonds is 35. The molecule has 0 aromatic carbocycles. The second-order valence-corrected chi connectivity index (χ2v) is 12.7. The van der Waals surface area contributed by atoms with Crippen LogP contribution in [-0.2, 0) is 14.3 Å². The van der Waals surface area contributed by atoms with Crippen LogP contribution in [0.15, 0.2) is 12.2 Å². The van der Waals surface area contributed by atoms with Crippen molar-refractivity contribution in [1.29, 1.82) is 0 Å². The van der Waals surface area contributed by atoms with Gasteiger partial charge in [0.2, 0.25) is 0 Å². The number of unbranched alkanes of at least 4 members (excludes halogenated alkanes) is 25. The lowest BCUT2D eigenvalue weighted by atomic mass is 10.0. The van der Waals surface area contributed by atoms with E-state index in [0.29, 0.717) is 19.6 Å². The predicted octanol–water partition coefficient (Wildman–Crippen LogP) is 11.8. The Bertz CT molecular complexity index is 547. The first-order valence-electron chi connectivity index (χ1n) is 18.8. The molecular weight excluding hydrogens is 520 g/mol. The van der Waals surface area contributed by atoms with Crippen molar-refractivity contribution in [3.05, 3.63) is 12.2 Å². The van der Waals surface area contributed by atoms with Crippen LogP contribution in [0, 0.1) is 0 Å². The molecule has 0 aromatic rings. The van der Waals surface area contributed by atoms with E-state index in [4.69, 9.17) is 9.47 Å². The van der Waals surface area contributed by atoms with Crippen molar-refractivity contribution in [3.63, 3.8) is 0 Å². The summed E-state index contributed by atoms with van der Waals surface area (Å²) in [6, 6.07) is 0. The minimum atomic E-state index is -0.524. The number of carbonyl (C=O) groups excluding carboxylic acids is 1. The second-order valence-electron chi connectivity index (χ2n) is 12.7. The minimum absolute atomic E-state index is 0.168. The molecule has 0 aliphatic rings. The highest BCUT2D eigenvalue weighted by atomic mass is 16.6. The Morgan fingerprint density at radius 3 is 1.36 bits per heavy atom. The van der Waals surface area contributed by atoms with Gasteiger partial charge < -0.3 is 14.6 Å². The molecule has 4 heteroatoms. The Labute approximate surface area is 263 Å². The largest absolute Gasteiger partial charge is 0.457 e. The van der Waals surface area contributed by atoms with Crippen LogP contribution < -0.4 is 0 Å². The third-order valence-corrected chi connectivity index (χ3v) is 8.34. The first-order chi connectivity index (χ1) is 20.7. The fraction of sp³-hybridized carbons (Fsp3) is 0.921. The van der Waals surface area contributed by atoms with E-state index in [0.717, 1.165) is 19.3 Å². The van der Waals surface area contributed by atoms with E-state index in [1.54, 1.807) is 0 Å². The lowest BCUT2D eigenvalue weighted by Crippen LogP contribution is -2.27. The molecule has 0 spiro atoms. The van der Waals surface area contributed by atoms with Gasteiger partial charge in [0.25, 0.3) is 0 Å². The van der Waals surface area contributed by atoms with Gasteiger partial charge in [-0.3, -0.25) is 4.79 Å². The van der Waals surface area contributed by atoms with Crippen LogP contribution in [0.1, 0.15) is 200 Å². The van der Waals surface area contributed by atoms with Gasteiger partial charge in [-0.05, 0) is 38.5 Å². The van der Waals surface area contributed by atoms with E-state index in [-0.39, 0.29) is 12.6 Å². The number of aliphatic hydroxyl groups excluding tert-OH is 1. The molecule has 1 unspecified atom stereocenters. The standard InChI is InChI=1S/C38H74O4/c1-3-5-7-9-11-12-13-14-15-16-17-18-19-20-21-22-23-24-25-26-27-28-30-32-34-41-36-37(35-39)42-38(40)33-31-29-10-8-6-4-2/h16-17,37,39H,3-15,18-36H2,1-2H3/b17-16-. The summed E-state index contributed by atoms with van der Waals surface area (Å²) in [6.45, 7) is 5.31. The zero-order chi connectivity index (χ0) is 30.6. The Morgan fingerprint density at radius 2 is 0.929 bits per heavy atom. The molecule has 0 aliphatic carbocycles. The van der Waals surface area contributed by atoms with E-state index < -0.39 is 6.10 Å². The Morgan fingerprint density at radius 1 is 0.548 bits per heavy atom. The Balaban J connectivity index is 3.31. The third-order valence-electron chi connectivity index (χ3n) is 8.34. The number of hydrogen-bond acceptors (Lipinski definition) is 4. The molecule has 0 heterocycles. The van der Waals surface area contributed by atoms with Crippen molar-refractivity contribution in [3.8, 4) is 0 Å². The van der Waals surface area contributed by atoms with Crippen molar-refractivity contribution in [1.82, 2.24) is 0 Å². The van der Waals surface area contributed by atoms with Crippen molar-refractivity contribution in [2.75, 3.05) is 19.8 Å². The van der Waals surface area contributed by atoms with Crippen molar-refractivity contribution >= 4 is 5.97 Å². The number of hydrogen-bond donors (Lipinski definition) is 1. The lowest BCUT2D eigenvalue weighted by molar-refractivity contribution is -0.154. The number of carbonyl (C=O) groups is 1. The van der Waals surface area contributed by atoms with Crippen molar-refractivity contribution in [2.24, 2.45) is 0 Å². The highest BCUT2D eigenvalue weighted by Crippen LogP contribution is 2.14. The molecule has 250 valence electrons. The summed E-state index contributed by atoms with van der Waals surface area (Å²) in [4.78, 5) is 12.0. The molecule has 0 bridgehead atoms. The van der Waals surface area contributed by atoms with Crippen LogP contribution in [0.2, 0.25) is 0 Å². The van der Waals surface area contributed by atoms with Crippen LogP contribution >= 0.6 is 0 Å². The smallest absolute Gasteiger partial charge is 0.306 e. The minimum Gasteiger partial charge on any atom is -0.457 e. The molecule has 4 nitrogen and oxygen atoms in total. The predicted molar refractivity (Wildman–Crippen MR) is 182 cm³/mol. The van der Waals surface area contributed by atoms with Crippen LogP contribution in [0.4, 0.5) is 0 Å². The molecule has 1 N–H and O–H groups in total. The van der Waals surface area contributed by atoms with Gasteiger partial charge in [0.05, 0.1) is 13.2 Å². The van der Waals surface area contributed by atoms with E-state index in [2.05, 4.69) is 26.0 Å². The molecule has 0 aliphatic heterocycles. The highest BCUT2D eigenvalue weighted by Gasteiger charge is 2.13. The summed E-state index contributed by atoms with van der Waals surface area (Å²) in [5.41, 5.74) is 0. The topological polar surface area (TPSA) is 55.8 Å². The summed E-state index contributed by atoms with van der Waals surface area (Å²) < 4.78 is 11.0. The van der Waals surface area contributed by atoms with E-state index >= 15 is 0 Å².